The summed E-state index contributed by atoms with van der Waals surface area (Å²) < 4.78 is 6.35. The van der Waals surface area contributed by atoms with E-state index in [-0.39, 0.29) is 0 Å². The van der Waals surface area contributed by atoms with E-state index in [1.165, 1.54) is 0 Å². The molecule has 0 amide bonds. The Morgan fingerprint density at radius 2 is 2.06 bits per heavy atom. The molecule has 1 atom stereocenters. The van der Waals surface area contributed by atoms with Crippen LogP contribution in [-0.2, 0) is 16.0 Å². The van der Waals surface area contributed by atoms with E-state index >= 15 is 0 Å². The molecule has 17 heavy (non-hydrogen) atoms. The van der Waals surface area contributed by atoms with Crippen molar-refractivity contribution >= 4 is 21.9 Å². The van der Waals surface area contributed by atoms with Gasteiger partial charge in [0.2, 0.25) is 0 Å². The first kappa shape index (κ1) is 14.2. The van der Waals surface area contributed by atoms with Crippen molar-refractivity contribution in [2.24, 2.45) is 0 Å². The summed E-state index contributed by atoms with van der Waals surface area (Å²) in [5, 5.41) is 9.05. The van der Waals surface area contributed by atoms with Gasteiger partial charge < -0.3 is 9.84 Å². The van der Waals surface area contributed by atoms with Crippen LogP contribution >= 0.6 is 15.9 Å². The molecule has 4 heteroatoms. The first-order chi connectivity index (χ1) is 8.13. The lowest BCUT2D eigenvalue weighted by Crippen LogP contribution is -2.26. The molecular formula is C13H17BrO3. The topological polar surface area (TPSA) is 46.5 Å². The van der Waals surface area contributed by atoms with Crippen molar-refractivity contribution < 1.29 is 14.6 Å². The number of hydrogen-bond donors (Lipinski definition) is 1. The molecule has 0 radical (unpaired) electrons. The van der Waals surface area contributed by atoms with Gasteiger partial charge in [-0.25, -0.2) is 4.79 Å². The molecule has 94 valence electrons. The lowest BCUT2D eigenvalue weighted by atomic mass is 10.1. The van der Waals surface area contributed by atoms with E-state index in [0.29, 0.717) is 13.0 Å². The predicted molar refractivity (Wildman–Crippen MR) is 70.1 cm³/mol. The van der Waals surface area contributed by atoms with E-state index in [4.69, 9.17) is 9.84 Å². The second-order valence-corrected chi connectivity index (χ2v) is 4.80. The number of benzene rings is 1. The Labute approximate surface area is 110 Å². The van der Waals surface area contributed by atoms with Crippen molar-refractivity contribution in [3.63, 3.8) is 0 Å². The van der Waals surface area contributed by atoms with E-state index in [1.54, 1.807) is 0 Å². The van der Waals surface area contributed by atoms with Gasteiger partial charge >= 0.3 is 5.97 Å². The molecule has 0 aliphatic heterocycles. The number of carboxylic acids is 1. The van der Waals surface area contributed by atoms with Gasteiger partial charge in [-0.3, -0.25) is 0 Å². The second-order valence-electron chi connectivity index (χ2n) is 3.88. The Morgan fingerprint density at radius 3 is 2.59 bits per heavy atom. The summed E-state index contributed by atoms with van der Waals surface area (Å²) >= 11 is 3.34. The van der Waals surface area contributed by atoms with Gasteiger partial charge in [0.25, 0.3) is 0 Å². The van der Waals surface area contributed by atoms with Crippen LogP contribution < -0.4 is 0 Å². The Hall–Kier alpha value is -0.870. The third kappa shape index (κ3) is 5.33. The number of unbranched alkanes of at least 4 members (excludes halogenated alkanes) is 1. The standard InChI is InChI=1S/C13H17BrO3/c1-2-3-8-17-12(13(15)16)9-10-4-6-11(14)7-5-10/h4-7,12H,2-3,8-9H2,1H3,(H,15,16). The minimum Gasteiger partial charge on any atom is -0.479 e. The number of rotatable bonds is 7. The maximum Gasteiger partial charge on any atom is 0.333 e. The highest BCUT2D eigenvalue weighted by Crippen LogP contribution is 2.13. The van der Waals surface area contributed by atoms with Crippen LogP contribution in [0.1, 0.15) is 25.3 Å². The number of aliphatic carboxylic acids is 1. The normalized spacial score (nSPS) is 12.4. The summed E-state index contributed by atoms with van der Waals surface area (Å²) in [5.41, 5.74) is 0.970. The lowest BCUT2D eigenvalue weighted by molar-refractivity contribution is -0.150. The van der Waals surface area contributed by atoms with Crippen LogP contribution in [-0.4, -0.2) is 23.8 Å². The maximum absolute atomic E-state index is 11.0. The molecule has 1 aromatic carbocycles. The molecular weight excluding hydrogens is 284 g/mol. The Morgan fingerprint density at radius 1 is 1.41 bits per heavy atom. The molecule has 0 saturated heterocycles. The summed E-state index contributed by atoms with van der Waals surface area (Å²) in [6, 6.07) is 7.62. The molecule has 0 spiro atoms. The smallest absolute Gasteiger partial charge is 0.333 e. The molecule has 0 aliphatic rings. The maximum atomic E-state index is 11.0. The number of halogens is 1. The molecule has 1 aromatic rings. The summed E-state index contributed by atoms with van der Waals surface area (Å²) in [6.07, 6.45) is 1.56. The zero-order valence-electron chi connectivity index (χ0n) is 9.86. The predicted octanol–water partition coefficient (Wildman–Crippen LogP) is 3.26. The number of ether oxygens (including phenoxy) is 1. The largest absolute Gasteiger partial charge is 0.479 e. The molecule has 3 nitrogen and oxygen atoms in total. The molecule has 1 unspecified atom stereocenters. The highest BCUT2D eigenvalue weighted by atomic mass is 79.9. The molecule has 1 rings (SSSR count). The molecule has 0 saturated carbocycles. The fourth-order valence-electron chi connectivity index (χ4n) is 1.42. The van der Waals surface area contributed by atoms with Crippen LogP contribution in [0.2, 0.25) is 0 Å². The first-order valence-corrected chi connectivity index (χ1v) is 6.51. The zero-order valence-corrected chi connectivity index (χ0v) is 11.4. The molecule has 0 aliphatic carbocycles. The molecule has 0 heterocycles. The fraction of sp³-hybridized carbons (Fsp3) is 0.462. The second kappa shape index (κ2) is 7.45. The SMILES string of the molecule is CCCCOC(Cc1ccc(Br)cc1)C(=O)O. The number of hydrogen-bond acceptors (Lipinski definition) is 2. The van der Waals surface area contributed by atoms with Gasteiger partial charge in [0.05, 0.1) is 0 Å². The lowest BCUT2D eigenvalue weighted by Gasteiger charge is -2.13. The Balaban J connectivity index is 2.54. The van der Waals surface area contributed by atoms with Gasteiger partial charge in [-0.15, -0.1) is 0 Å². The molecule has 0 aromatic heterocycles. The van der Waals surface area contributed by atoms with Gasteiger partial charge in [-0.1, -0.05) is 41.4 Å². The minimum atomic E-state index is -0.899. The van der Waals surface area contributed by atoms with Crippen LogP contribution in [0.25, 0.3) is 0 Å². The van der Waals surface area contributed by atoms with Crippen LogP contribution in [0.15, 0.2) is 28.7 Å². The third-order valence-corrected chi connectivity index (χ3v) is 2.96. The first-order valence-electron chi connectivity index (χ1n) is 5.72. The highest BCUT2D eigenvalue weighted by Gasteiger charge is 2.18. The number of carbonyl (C=O) groups is 1. The third-order valence-electron chi connectivity index (χ3n) is 2.43. The Kier molecular flexibility index (Phi) is 6.22. The summed E-state index contributed by atoms with van der Waals surface area (Å²) in [4.78, 5) is 11.0. The van der Waals surface area contributed by atoms with Crippen LogP contribution in [0.3, 0.4) is 0 Å². The van der Waals surface area contributed by atoms with Crippen LogP contribution in [0.5, 0.6) is 0 Å². The van der Waals surface area contributed by atoms with Crippen LogP contribution in [0, 0.1) is 0 Å². The van der Waals surface area contributed by atoms with Crippen molar-refractivity contribution in [1.29, 1.82) is 0 Å². The van der Waals surface area contributed by atoms with Crippen molar-refractivity contribution in [2.45, 2.75) is 32.3 Å². The van der Waals surface area contributed by atoms with E-state index in [1.807, 2.05) is 31.2 Å². The van der Waals surface area contributed by atoms with Gasteiger partial charge in [0, 0.05) is 17.5 Å². The van der Waals surface area contributed by atoms with Crippen molar-refractivity contribution in [1.82, 2.24) is 0 Å². The van der Waals surface area contributed by atoms with Gasteiger partial charge in [-0.2, -0.15) is 0 Å². The average molecular weight is 301 g/mol. The Bertz CT molecular complexity index is 348. The molecule has 0 fully saturated rings. The number of carboxylic acid groups (broad SMARTS) is 1. The van der Waals surface area contributed by atoms with Gasteiger partial charge in [0.1, 0.15) is 0 Å². The quantitative estimate of drug-likeness (QED) is 0.786. The minimum absolute atomic E-state index is 0.409. The van der Waals surface area contributed by atoms with Crippen molar-refractivity contribution in [2.75, 3.05) is 6.61 Å². The zero-order chi connectivity index (χ0) is 12.7. The fourth-order valence-corrected chi connectivity index (χ4v) is 1.69. The molecule has 0 bridgehead atoms. The van der Waals surface area contributed by atoms with Crippen LogP contribution in [0.4, 0.5) is 0 Å². The van der Waals surface area contributed by atoms with E-state index in [9.17, 15) is 4.79 Å². The summed E-state index contributed by atoms with van der Waals surface area (Å²) in [6.45, 7) is 2.55. The van der Waals surface area contributed by atoms with Gasteiger partial charge in [0.15, 0.2) is 6.10 Å². The van der Waals surface area contributed by atoms with Crippen molar-refractivity contribution in [3.8, 4) is 0 Å². The summed E-state index contributed by atoms with van der Waals surface area (Å²) in [7, 11) is 0. The van der Waals surface area contributed by atoms with Gasteiger partial charge in [-0.05, 0) is 24.1 Å². The van der Waals surface area contributed by atoms with Crippen molar-refractivity contribution in [3.05, 3.63) is 34.3 Å². The highest BCUT2D eigenvalue weighted by molar-refractivity contribution is 9.10. The molecule has 1 N–H and O–H groups in total. The van der Waals surface area contributed by atoms with E-state index < -0.39 is 12.1 Å². The average Bonchev–Trinajstić information content (AvgIpc) is 2.30. The monoisotopic (exact) mass is 300 g/mol. The van der Waals surface area contributed by atoms with E-state index in [0.717, 1.165) is 22.9 Å². The van der Waals surface area contributed by atoms with E-state index in [2.05, 4.69) is 15.9 Å². The summed E-state index contributed by atoms with van der Waals surface area (Å²) in [5.74, 6) is -0.899.